The summed E-state index contributed by atoms with van der Waals surface area (Å²) in [6, 6.07) is 14.6. The number of anilines is 2. The predicted octanol–water partition coefficient (Wildman–Crippen LogP) is 6.57. The number of alkyl halides is 2. The third-order valence-electron chi connectivity index (χ3n) is 9.86. The van der Waals surface area contributed by atoms with Crippen molar-refractivity contribution in [2.45, 2.75) is 42.4 Å². The summed E-state index contributed by atoms with van der Waals surface area (Å²) in [7, 11) is 0. The highest BCUT2D eigenvalue weighted by molar-refractivity contribution is 6.58. The Bertz CT molecular complexity index is 1880. The summed E-state index contributed by atoms with van der Waals surface area (Å²) in [4.78, 5) is 54.6. The Kier molecular flexibility index (Phi) is 6.75. The van der Waals surface area contributed by atoms with Crippen LogP contribution >= 0.6 is 34.8 Å². The SMILES string of the molecule is Cc1cc([C@H]2C3=CC[C@@H]4C(=O)N(c5ccc(C)c(Cl)c5)C(=O)[C@@H]4[C@@H]3C[C@@]3(Cl)C(=O)N(c4ccc(F)cc4)C(=O)[C@@]23Cl)ccc1O. The number of aryl methyl sites for hydroxylation is 2. The first-order valence-corrected chi connectivity index (χ1v) is 15.6. The van der Waals surface area contributed by atoms with Crippen molar-refractivity contribution in [2.24, 2.45) is 17.8 Å². The predicted molar refractivity (Wildman–Crippen MR) is 168 cm³/mol. The number of nitrogens with zero attached hydrogens (tertiary/aromatic N) is 2. The number of imide groups is 2. The van der Waals surface area contributed by atoms with Crippen molar-refractivity contribution < 1.29 is 28.7 Å². The summed E-state index contributed by atoms with van der Waals surface area (Å²) >= 11 is 21.1. The second-order valence-electron chi connectivity index (χ2n) is 12.2. The number of hydrogen-bond donors (Lipinski definition) is 1. The van der Waals surface area contributed by atoms with Gasteiger partial charge in [-0.05, 0) is 91.8 Å². The van der Waals surface area contributed by atoms with Crippen LogP contribution in [0.1, 0.15) is 35.4 Å². The third-order valence-corrected chi connectivity index (χ3v) is 11.7. The van der Waals surface area contributed by atoms with Crippen molar-refractivity contribution in [3.05, 3.63) is 99.8 Å². The standard InChI is InChI=1S/C34H26Cl3FN2O5/c1-16-3-7-21(14-25(16)35)39-29(42)23-11-10-22-24(27(23)30(39)43)15-33(36)31(44)40(20-8-5-19(38)6-9-20)32(45)34(33,37)28(22)18-4-12-26(41)17(2)13-18/h3-10,12-14,23-24,27-28,41H,11,15H2,1-2H3/t23-,24+,27-,28-,33+,34-/m0/s1. The van der Waals surface area contributed by atoms with Gasteiger partial charge >= 0.3 is 0 Å². The molecule has 230 valence electrons. The molecular formula is C34H26Cl3FN2O5. The number of fused-ring (bicyclic) bond motifs is 4. The summed E-state index contributed by atoms with van der Waals surface area (Å²) in [6.07, 6.45) is 1.85. The Balaban J connectivity index is 1.39. The summed E-state index contributed by atoms with van der Waals surface area (Å²) < 4.78 is 13.8. The van der Waals surface area contributed by atoms with Crippen LogP contribution in [0.25, 0.3) is 0 Å². The second kappa shape index (κ2) is 10.1. The highest BCUT2D eigenvalue weighted by Gasteiger charge is 2.76. The first kappa shape index (κ1) is 30.0. The average Bonchev–Trinajstić information content (AvgIpc) is 3.34. The number of benzene rings is 3. The van der Waals surface area contributed by atoms with E-state index in [4.69, 9.17) is 34.8 Å². The molecule has 2 aliphatic heterocycles. The number of phenols is 1. The highest BCUT2D eigenvalue weighted by atomic mass is 35.5. The molecule has 4 aliphatic rings. The second-order valence-corrected chi connectivity index (χ2v) is 13.9. The molecule has 0 bridgehead atoms. The van der Waals surface area contributed by atoms with E-state index in [9.17, 15) is 28.7 Å². The molecule has 0 aromatic heterocycles. The molecule has 1 saturated carbocycles. The Labute approximate surface area is 273 Å². The zero-order valence-electron chi connectivity index (χ0n) is 24.1. The van der Waals surface area contributed by atoms with E-state index in [1.165, 1.54) is 18.2 Å². The third kappa shape index (κ3) is 4.01. The van der Waals surface area contributed by atoms with Crippen molar-refractivity contribution in [3.8, 4) is 5.75 Å². The van der Waals surface area contributed by atoms with Crippen LogP contribution in [0.2, 0.25) is 5.02 Å². The summed E-state index contributed by atoms with van der Waals surface area (Å²) in [5.41, 5.74) is 2.88. The zero-order chi connectivity index (χ0) is 32.2. The van der Waals surface area contributed by atoms with Gasteiger partial charge in [0.05, 0.1) is 23.2 Å². The van der Waals surface area contributed by atoms with E-state index >= 15 is 0 Å². The number of carbonyl (C=O) groups excluding carboxylic acids is 4. The molecule has 3 aromatic rings. The van der Waals surface area contributed by atoms with Gasteiger partial charge in [-0.15, -0.1) is 23.2 Å². The van der Waals surface area contributed by atoms with Crippen molar-refractivity contribution in [2.75, 3.05) is 9.80 Å². The maximum atomic E-state index is 14.4. The van der Waals surface area contributed by atoms with Crippen molar-refractivity contribution in [3.63, 3.8) is 0 Å². The van der Waals surface area contributed by atoms with Crippen LogP contribution in [0, 0.1) is 37.4 Å². The van der Waals surface area contributed by atoms with Crippen molar-refractivity contribution in [1.82, 2.24) is 0 Å². The van der Waals surface area contributed by atoms with E-state index < -0.39 is 57.0 Å². The van der Waals surface area contributed by atoms with E-state index in [2.05, 4.69) is 0 Å². The minimum absolute atomic E-state index is 0.0234. The Morgan fingerprint density at radius 1 is 0.822 bits per heavy atom. The monoisotopic (exact) mass is 666 g/mol. The zero-order valence-corrected chi connectivity index (χ0v) is 26.3. The summed E-state index contributed by atoms with van der Waals surface area (Å²) in [6.45, 7) is 3.51. The van der Waals surface area contributed by atoms with Crippen LogP contribution in [0.5, 0.6) is 5.75 Å². The van der Waals surface area contributed by atoms with Gasteiger partial charge in [-0.1, -0.05) is 41.4 Å². The molecule has 1 N–H and O–H groups in total. The molecule has 0 radical (unpaired) electrons. The van der Waals surface area contributed by atoms with Crippen molar-refractivity contribution >= 4 is 69.8 Å². The molecule has 0 unspecified atom stereocenters. The molecule has 7 nitrogen and oxygen atoms in total. The molecule has 7 rings (SSSR count). The van der Waals surface area contributed by atoms with Gasteiger partial charge < -0.3 is 5.11 Å². The Morgan fingerprint density at radius 2 is 1.51 bits per heavy atom. The van der Waals surface area contributed by atoms with E-state index in [0.717, 1.165) is 27.5 Å². The number of rotatable bonds is 3. The fraction of sp³-hybridized carbons (Fsp3) is 0.294. The molecule has 3 aromatic carbocycles. The number of halogens is 4. The molecule has 11 heteroatoms. The number of allylic oxidation sites excluding steroid dienone is 2. The summed E-state index contributed by atoms with van der Waals surface area (Å²) in [5, 5.41) is 10.7. The topological polar surface area (TPSA) is 95.0 Å². The van der Waals surface area contributed by atoms with E-state index in [-0.39, 0.29) is 30.2 Å². The highest BCUT2D eigenvalue weighted by Crippen LogP contribution is 2.66. The quantitative estimate of drug-likeness (QED) is 0.194. The van der Waals surface area contributed by atoms with Gasteiger partial charge in [0.2, 0.25) is 11.8 Å². The fourth-order valence-corrected chi connectivity index (χ4v) is 8.72. The Morgan fingerprint density at radius 3 is 2.18 bits per heavy atom. The molecule has 3 fully saturated rings. The minimum atomic E-state index is -2.05. The molecule has 6 atom stereocenters. The molecule has 0 spiro atoms. The van der Waals surface area contributed by atoms with Gasteiger partial charge in [-0.25, -0.2) is 14.2 Å². The van der Waals surface area contributed by atoms with E-state index in [1.807, 2.05) is 13.0 Å². The maximum absolute atomic E-state index is 14.4. The lowest BCUT2D eigenvalue weighted by Gasteiger charge is -2.50. The van der Waals surface area contributed by atoms with E-state index in [0.29, 0.717) is 27.4 Å². The molecule has 2 aliphatic carbocycles. The van der Waals surface area contributed by atoms with Gasteiger partial charge in [-0.3, -0.25) is 19.2 Å². The van der Waals surface area contributed by atoms with Gasteiger partial charge in [0.1, 0.15) is 11.6 Å². The van der Waals surface area contributed by atoms with Gasteiger partial charge in [-0.2, -0.15) is 0 Å². The van der Waals surface area contributed by atoms with Gasteiger partial charge in [0.25, 0.3) is 11.8 Å². The molecule has 2 heterocycles. The van der Waals surface area contributed by atoms with Crippen LogP contribution in [-0.4, -0.2) is 38.5 Å². The molecule has 45 heavy (non-hydrogen) atoms. The molecular weight excluding hydrogens is 642 g/mol. The molecule has 2 saturated heterocycles. The summed E-state index contributed by atoms with van der Waals surface area (Å²) in [5.74, 6) is -6.26. The van der Waals surface area contributed by atoms with Crippen LogP contribution in [0.15, 0.2) is 72.3 Å². The maximum Gasteiger partial charge on any atom is 0.258 e. The number of hydrogen-bond acceptors (Lipinski definition) is 5. The van der Waals surface area contributed by atoms with Crippen molar-refractivity contribution in [1.29, 1.82) is 0 Å². The lowest BCUT2D eigenvalue weighted by atomic mass is 9.56. The first-order chi connectivity index (χ1) is 21.3. The van der Waals surface area contributed by atoms with Crippen LogP contribution in [-0.2, 0) is 19.2 Å². The number of amides is 4. The fourth-order valence-electron chi connectivity index (χ4n) is 7.61. The van der Waals surface area contributed by atoms with Crippen LogP contribution in [0.3, 0.4) is 0 Å². The number of aromatic hydroxyl groups is 1. The first-order valence-electron chi connectivity index (χ1n) is 14.5. The lowest BCUT2D eigenvalue weighted by Crippen LogP contribution is -2.60. The molecule has 4 amide bonds. The largest absolute Gasteiger partial charge is 0.508 e. The number of carbonyl (C=O) groups is 4. The van der Waals surface area contributed by atoms with Crippen LogP contribution < -0.4 is 9.80 Å². The van der Waals surface area contributed by atoms with Crippen LogP contribution in [0.4, 0.5) is 15.8 Å². The number of phenolic OH excluding ortho intramolecular Hbond substituents is 1. The normalized spacial score (nSPS) is 30.8. The van der Waals surface area contributed by atoms with Gasteiger partial charge in [0, 0.05) is 10.9 Å². The minimum Gasteiger partial charge on any atom is -0.508 e. The lowest BCUT2D eigenvalue weighted by molar-refractivity contribution is -0.125. The smallest absolute Gasteiger partial charge is 0.258 e. The Hall–Kier alpha value is -3.72. The van der Waals surface area contributed by atoms with E-state index in [1.54, 1.807) is 37.3 Å². The van der Waals surface area contributed by atoms with Gasteiger partial charge in [0.15, 0.2) is 9.75 Å². The average molecular weight is 668 g/mol.